The van der Waals surface area contributed by atoms with Crippen LogP contribution in [0.5, 0.6) is 0 Å². The molecule has 0 heterocycles. The zero-order valence-corrected chi connectivity index (χ0v) is 14.4. The molecule has 1 unspecified atom stereocenters. The maximum Gasteiger partial charge on any atom is 0.247 e. The average Bonchev–Trinajstić information content (AvgIpc) is 2.33. The Morgan fingerprint density at radius 3 is 2.17 bits per heavy atom. The first-order valence-electron chi connectivity index (χ1n) is 7.47. The van der Waals surface area contributed by atoms with E-state index in [9.17, 15) is 12.9 Å². The normalized spacial score (nSPS) is 14.5. The van der Waals surface area contributed by atoms with Gasteiger partial charge in [0.15, 0.2) is 0 Å². The molecule has 0 fully saturated rings. The average molecular weight is 299 g/mol. The van der Waals surface area contributed by atoms with Gasteiger partial charge >= 0.3 is 0 Å². The minimum Gasteiger partial charge on any atom is -0.314 e. The largest absolute Gasteiger partial charge is 0.314 e. The zero-order chi connectivity index (χ0) is 13.9. The van der Waals surface area contributed by atoms with Crippen LogP contribution in [0, 0.1) is 0 Å². The van der Waals surface area contributed by atoms with E-state index >= 15 is 0 Å². The van der Waals surface area contributed by atoms with E-state index in [1.165, 1.54) is 0 Å². The Morgan fingerprint density at radius 2 is 1.67 bits per heavy atom. The van der Waals surface area contributed by atoms with Crippen molar-refractivity contribution in [2.24, 2.45) is 0 Å². The second kappa shape index (κ2) is 11.1. The van der Waals surface area contributed by atoms with Crippen molar-refractivity contribution in [3.63, 3.8) is 0 Å². The standard InChI is InChI=1S/C13H29F3Si2/c1-3-8-18(16,9-4-2)10-6-5-7-17-12-13(15)11-14/h13H,3-12,17H2,1-2H3. The molecular formula is C13H29F3Si2. The lowest BCUT2D eigenvalue weighted by atomic mass is 10.4. The summed E-state index contributed by atoms with van der Waals surface area (Å²) < 4.78 is 39.1. The number of unbranched alkanes of at least 4 members (excludes halogenated alkanes) is 1. The minimum atomic E-state index is -2.46. The van der Waals surface area contributed by atoms with Crippen LogP contribution in [-0.2, 0) is 0 Å². The second-order valence-corrected chi connectivity index (χ2v) is 11.1. The topological polar surface area (TPSA) is 0 Å². The number of halogens is 3. The molecule has 0 rings (SSSR count). The molecule has 0 radical (unpaired) electrons. The molecule has 0 spiro atoms. The van der Waals surface area contributed by atoms with Crippen molar-refractivity contribution in [1.82, 2.24) is 0 Å². The van der Waals surface area contributed by atoms with E-state index < -0.39 is 30.8 Å². The van der Waals surface area contributed by atoms with Gasteiger partial charge < -0.3 is 4.11 Å². The maximum atomic E-state index is 14.5. The van der Waals surface area contributed by atoms with Crippen molar-refractivity contribution >= 4 is 17.9 Å². The van der Waals surface area contributed by atoms with Crippen molar-refractivity contribution in [3.05, 3.63) is 0 Å². The van der Waals surface area contributed by atoms with Gasteiger partial charge in [-0.2, -0.15) is 0 Å². The summed E-state index contributed by atoms with van der Waals surface area (Å²) >= 11 is 0. The molecule has 0 aromatic rings. The van der Waals surface area contributed by atoms with Crippen LogP contribution >= 0.6 is 0 Å². The summed E-state index contributed by atoms with van der Waals surface area (Å²) in [7, 11) is -2.91. The lowest BCUT2D eigenvalue weighted by Gasteiger charge is -2.21. The fourth-order valence-electron chi connectivity index (χ4n) is 2.51. The van der Waals surface area contributed by atoms with Crippen LogP contribution in [0.25, 0.3) is 0 Å². The van der Waals surface area contributed by atoms with E-state index in [0.717, 1.165) is 49.9 Å². The maximum absolute atomic E-state index is 14.5. The molecule has 0 N–H and O–H groups in total. The molecule has 0 bridgehead atoms. The molecule has 0 aliphatic rings. The van der Waals surface area contributed by atoms with Gasteiger partial charge in [-0.1, -0.05) is 45.6 Å². The summed E-state index contributed by atoms with van der Waals surface area (Å²) in [5.74, 6) is 0. The summed E-state index contributed by atoms with van der Waals surface area (Å²) in [6.45, 7) is 3.28. The number of rotatable bonds is 12. The van der Waals surface area contributed by atoms with Gasteiger partial charge in [-0.25, -0.2) is 8.78 Å². The highest BCUT2D eigenvalue weighted by atomic mass is 28.4. The molecule has 0 saturated carbocycles. The summed E-state index contributed by atoms with van der Waals surface area (Å²) in [5, 5.41) is 0. The summed E-state index contributed by atoms with van der Waals surface area (Å²) in [6.07, 6.45) is 2.67. The molecular weight excluding hydrogens is 269 g/mol. The molecule has 0 aliphatic heterocycles. The van der Waals surface area contributed by atoms with E-state index in [2.05, 4.69) is 13.8 Å². The Bertz CT molecular complexity index is 185. The van der Waals surface area contributed by atoms with Crippen molar-refractivity contribution in [1.29, 1.82) is 0 Å². The van der Waals surface area contributed by atoms with Crippen molar-refractivity contribution in [2.75, 3.05) is 6.67 Å². The first-order chi connectivity index (χ1) is 8.58. The number of hydrogen-bond acceptors (Lipinski definition) is 0. The number of alkyl halides is 2. The van der Waals surface area contributed by atoms with Gasteiger partial charge in [0.25, 0.3) is 0 Å². The number of hydrogen-bond donors (Lipinski definition) is 0. The molecule has 18 heavy (non-hydrogen) atoms. The molecule has 0 aliphatic carbocycles. The van der Waals surface area contributed by atoms with E-state index in [-0.39, 0.29) is 0 Å². The Hall–Kier alpha value is 0.224. The van der Waals surface area contributed by atoms with Crippen LogP contribution in [0.4, 0.5) is 12.9 Å². The van der Waals surface area contributed by atoms with Crippen LogP contribution in [0.15, 0.2) is 0 Å². The molecule has 0 nitrogen and oxygen atoms in total. The SMILES string of the molecule is CCC[Si](F)(CCC)CCCC[SiH2]CC(F)CF. The predicted molar refractivity (Wildman–Crippen MR) is 80.1 cm³/mol. The molecule has 0 amide bonds. The molecule has 110 valence electrons. The van der Waals surface area contributed by atoms with Crippen molar-refractivity contribution < 1.29 is 12.9 Å². The molecule has 0 aromatic carbocycles. The van der Waals surface area contributed by atoms with Crippen molar-refractivity contribution in [3.8, 4) is 0 Å². The smallest absolute Gasteiger partial charge is 0.247 e. The van der Waals surface area contributed by atoms with Gasteiger partial charge in [-0.3, -0.25) is 0 Å². The summed E-state index contributed by atoms with van der Waals surface area (Å²) in [6, 6.07) is 3.88. The summed E-state index contributed by atoms with van der Waals surface area (Å²) in [5.41, 5.74) is 0. The zero-order valence-electron chi connectivity index (χ0n) is 12.0. The third-order valence-electron chi connectivity index (χ3n) is 3.46. The predicted octanol–water partition coefficient (Wildman–Crippen LogP) is 4.81. The lowest BCUT2D eigenvalue weighted by molar-refractivity contribution is 0.281. The summed E-state index contributed by atoms with van der Waals surface area (Å²) in [4.78, 5) is 0. The monoisotopic (exact) mass is 298 g/mol. The van der Waals surface area contributed by atoms with Crippen molar-refractivity contribution in [2.45, 2.75) is 75.9 Å². The van der Waals surface area contributed by atoms with Gasteiger partial charge in [-0.05, 0) is 24.2 Å². The minimum absolute atomic E-state index is 0.456. The van der Waals surface area contributed by atoms with E-state index in [4.69, 9.17) is 0 Å². The van der Waals surface area contributed by atoms with Crippen LogP contribution < -0.4 is 0 Å². The Labute approximate surface area is 114 Å². The van der Waals surface area contributed by atoms with Crippen LogP contribution in [0.3, 0.4) is 0 Å². The Balaban J connectivity index is 3.61. The molecule has 0 saturated heterocycles. The highest BCUT2D eigenvalue weighted by molar-refractivity contribution is 6.73. The third kappa shape index (κ3) is 9.19. The van der Waals surface area contributed by atoms with Gasteiger partial charge in [-0.15, -0.1) is 0 Å². The van der Waals surface area contributed by atoms with Crippen LogP contribution in [0.2, 0.25) is 30.2 Å². The first kappa shape index (κ1) is 18.2. The highest BCUT2D eigenvalue weighted by Gasteiger charge is 2.30. The van der Waals surface area contributed by atoms with Gasteiger partial charge in [0.2, 0.25) is 8.41 Å². The van der Waals surface area contributed by atoms with Gasteiger partial charge in [0.1, 0.15) is 12.8 Å². The Morgan fingerprint density at radius 1 is 1.06 bits per heavy atom. The lowest BCUT2D eigenvalue weighted by Crippen LogP contribution is -2.27. The highest BCUT2D eigenvalue weighted by Crippen LogP contribution is 2.28. The van der Waals surface area contributed by atoms with Crippen LogP contribution in [-0.4, -0.2) is 30.8 Å². The van der Waals surface area contributed by atoms with E-state index in [1.807, 2.05) is 0 Å². The third-order valence-corrected chi connectivity index (χ3v) is 9.53. The second-order valence-electron chi connectivity index (χ2n) is 5.36. The fraction of sp³-hybridized carbons (Fsp3) is 1.00. The van der Waals surface area contributed by atoms with Crippen LogP contribution in [0.1, 0.15) is 39.5 Å². The van der Waals surface area contributed by atoms with E-state index in [1.54, 1.807) is 0 Å². The van der Waals surface area contributed by atoms with Gasteiger partial charge in [0, 0.05) is 9.52 Å². The molecule has 5 heteroatoms. The van der Waals surface area contributed by atoms with Gasteiger partial charge in [0.05, 0.1) is 0 Å². The Kier molecular flexibility index (Phi) is 11.2. The molecule has 1 atom stereocenters. The first-order valence-corrected chi connectivity index (χ1v) is 12.0. The fourth-order valence-corrected chi connectivity index (χ4v) is 7.53. The quantitative estimate of drug-likeness (QED) is 0.275. The van der Waals surface area contributed by atoms with E-state index in [0.29, 0.717) is 6.04 Å². The molecule has 0 aromatic heterocycles.